The summed E-state index contributed by atoms with van der Waals surface area (Å²) in [5.41, 5.74) is -0.410. The maximum Gasteiger partial charge on any atom is 0.401 e. The Morgan fingerprint density at radius 1 is 1.27 bits per heavy atom. The van der Waals surface area contributed by atoms with Gasteiger partial charge in [0.05, 0.1) is 12.3 Å². The van der Waals surface area contributed by atoms with Crippen molar-refractivity contribution in [3.05, 3.63) is 41.5 Å². The van der Waals surface area contributed by atoms with Crippen LogP contribution in [0.15, 0.2) is 24.3 Å². The van der Waals surface area contributed by atoms with Gasteiger partial charge in [-0.3, -0.25) is 4.90 Å². The summed E-state index contributed by atoms with van der Waals surface area (Å²) in [6.45, 7) is -1.89. The number of rotatable bonds is 2. The molecule has 0 saturated carbocycles. The number of alkyl halides is 3. The van der Waals surface area contributed by atoms with E-state index in [1.54, 1.807) is 0 Å². The van der Waals surface area contributed by atoms with Gasteiger partial charge in [0.25, 0.3) is 0 Å². The topological polar surface area (TPSA) is 47.3 Å². The summed E-state index contributed by atoms with van der Waals surface area (Å²) in [7, 11) is 0. The Labute approximate surface area is 123 Å². The van der Waals surface area contributed by atoms with Crippen LogP contribution in [0.25, 0.3) is 5.57 Å². The maximum atomic E-state index is 13.8. The van der Waals surface area contributed by atoms with Gasteiger partial charge in [-0.25, -0.2) is 8.78 Å². The minimum absolute atomic E-state index is 0.0996. The zero-order valence-electron chi connectivity index (χ0n) is 11.3. The highest BCUT2D eigenvalue weighted by molar-refractivity contribution is 5.89. The average molecular weight is 320 g/mol. The first-order chi connectivity index (χ1) is 10.2. The number of aliphatic hydroxyl groups excluding tert-OH is 1. The largest absolute Gasteiger partial charge is 0.401 e. The SMILES string of the molecule is N=C1CC=C(c2cccc(F)c2F)CN(CC(F)(F)F)C1O. The smallest absolute Gasteiger partial charge is 0.373 e. The third kappa shape index (κ3) is 3.69. The average Bonchev–Trinajstić information content (AvgIpc) is 2.54. The van der Waals surface area contributed by atoms with Gasteiger partial charge >= 0.3 is 6.18 Å². The highest BCUT2D eigenvalue weighted by Gasteiger charge is 2.36. The van der Waals surface area contributed by atoms with E-state index < -0.39 is 37.1 Å². The minimum Gasteiger partial charge on any atom is -0.373 e. The van der Waals surface area contributed by atoms with Gasteiger partial charge in [0, 0.05) is 18.5 Å². The van der Waals surface area contributed by atoms with E-state index >= 15 is 0 Å². The van der Waals surface area contributed by atoms with Crippen molar-refractivity contribution in [1.82, 2.24) is 4.90 Å². The van der Waals surface area contributed by atoms with Crippen molar-refractivity contribution >= 4 is 11.3 Å². The Morgan fingerprint density at radius 2 is 1.95 bits per heavy atom. The normalized spacial score (nSPS) is 20.7. The molecule has 1 atom stereocenters. The molecule has 0 aliphatic carbocycles. The quantitative estimate of drug-likeness (QED) is 0.823. The van der Waals surface area contributed by atoms with Crippen molar-refractivity contribution < 1.29 is 27.1 Å². The van der Waals surface area contributed by atoms with Crippen LogP contribution in [-0.4, -0.2) is 41.2 Å². The molecule has 0 aromatic heterocycles. The third-order valence-corrected chi connectivity index (χ3v) is 3.28. The second-order valence-corrected chi connectivity index (χ2v) is 4.95. The molecule has 0 saturated heterocycles. The molecule has 1 aliphatic rings. The Bertz CT molecular complexity index is 612. The summed E-state index contributed by atoms with van der Waals surface area (Å²) >= 11 is 0. The molecule has 0 amide bonds. The molecule has 2 N–H and O–H groups in total. The lowest BCUT2D eigenvalue weighted by molar-refractivity contribution is -0.156. The summed E-state index contributed by atoms with van der Waals surface area (Å²) in [5, 5.41) is 17.3. The van der Waals surface area contributed by atoms with Crippen molar-refractivity contribution in [2.24, 2.45) is 0 Å². The zero-order valence-corrected chi connectivity index (χ0v) is 11.3. The second kappa shape index (κ2) is 6.13. The zero-order chi connectivity index (χ0) is 16.5. The lowest BCUT2D eigenvalue weighted by Gasteiger charge is -2.27. The maximum absolute atomic E-state index is 13.8. The van der Waals surface area contributed by atoms with Gasteiger partial charge in [-0.15, -0.1) is 0 Å². The number of hydrogen-bond acceptors (Lipinski definition) is 3. The predicted octanol–water partition coefficient (Wildman–Crippen LogP) is 2.95. The summed E-state index contributed by atoms with van der Waals surface area (Å²) in [6.07, 6.45) is -5.11. The third-order valence-electron chi connectivity index (χ3n) is 3.28. The molecule has 22 heavy (non-hydrogen) atoms. The van der Waals surface area contributed by atoms with Gasteiger partial charge in [0.15, 0.2) is 11.6 Å². The van der Waals surface area contributed by atoms with Crippen LogP contribution in [-0.2, 0) is 0 Å². The van der Waals surface area contributed by atoms with Crippen LogP contribution in [0.2, 0.25) is 0 Å². The van der Waals surface area contributed by atoms with Crippen LogP contribution in [0.3, 0.4) is 0 Å². The van der Waals surface area contributed by atoms with Crippen LogP contribution in [0.1, 0.15) is 12.0 Å². The number of nitrogens with zero attached hydrogens (tertiary/aromatic N) is 1. The van der Waals surface area contributed by atoms with E-state index in [4.69, 9.17) is 5.41 Å². The number of nitrogens with one attached hydrogen (secondary N) is 1. The molecule has 1 heterocycles. The number of allylic oxidation sites excluding steroid dienone is 1. The van der Waals surface area contributed by atoms with Crippen LogP contribution in [0.5, 0.6) is 0 Å². The Balaban J connectivity index is 2.36. The van der Waals surface area contributed by atoms with Crippen LogP contribution in [0, 0.1) is 17.0 Å². The number of hydrogen-bond donors (Lipinski definition) is 2. The van der Waals surface area contributed by atoms with E-state index in [0.717, 1.165) is 6.07 Å². The molecule has 0 spiro atoms. The first-order valence-corrected chi connectivity index (χ1v) is 6.38. The van der Waals surface area contributed by atoms with Gasteiger partial charge in [-0.1, -0.05) is 18.2 Å². The molecule has 1 aromatic carbocycles. The molecule has 1 aliphatic heterocycles. The molecule has 1 unspecified atom stereocenters. The van der Waals surface area contributed by atoms with Gasteiger partial charge in [0.1, 0.15) is 6.23 Å². The number of aliphatic hydroxyl groups is 1. The number of halogens is 5. The molecule has 0 radical (unpaired) electrons. The van der Waals surface area contributed by atoms with E-state index in [1.165, 1.54) is 18.2 Å². The highest BCUT2D eigenvalue weighted by atomic mass is 19.4. The predicted molar refractivity (Wildman–Crippen MR) is 70.3 cm³/mol. The fraction of sp³-hybridized carbons (Fsp3) is 0.357. The Hall–Kier alpha value is -1.80. The number of benzene rings is 1. The van der Waals surface area contributed by atoms with Crippen LogP contribution >= 0.6 is 0 Å². The molecule has 0 fully saturated rings. The summed E-state index contributed by atoms with van der Waals surface area (Å²) in [4.78, 5) is 0.603. The van der Waals surface area contributed by atoms with Crippen molar-refractivity contribution in [1.29, 1.82) is 5.41 Å². The Kier molecular flexibility index (Phi) is 4.62. The van der Waals surface area contributed by atoms with E-state index in [-0.39, 0.29) is 23.3 Å². The first-order valence-electron chi connectivity index (χ1n) is 6.38. The van der Waals surface area contributed by atoms with Crippen molar-refractivity contribution in [2.75, 3.05) is 13.1 Å². The molecule has 2 rings (SSSR count). The molecule has 120 valence electrons. The molecule has 1 aromatic rings. The lowest BCUT2D eigenvalue weighted by atomic mass is 10.0. The molecule has 8 heteroatoms. The van der Waals surface area contributed by atoms with Gasteiger partial charge in [-0.2, -0.15) is 13.2 Å². The molecule has 3 nitrogen and oxygen atoms in total. The molecule has 0 bridgehead atoms. The van der Waals surface area contributed by atoms with E-state index in [9.17, 15) is 27.1 Å². The summed E-state index contributed by atoms with van der Waals surface area (Å²) < 4.78 is 64.8. The van der Waals surface area contributed by atoms with E-state index in [2.05, 4.69) is 0 Å². The molecular formula is C14H13F5N2O. The monoisotopic (exact) mass is 320 g/mol. The second-order valence-electron chi connectivity index (χ2n) is 4.95. The van der Waals surface area contributed by atoms with E-state index in [1.807, 2.05) is 0 Å². The summed E-state index contributed by atoms with van der Waals surface area (Å²) in [6, 6.07) is 3.40. The fourth-order valence-electron chi connectivity index (χ4n) is 2.25. The summed E-state index contributed by atoms with van der Waals surface area (Å²) in [5.74, 6) is -2.27. The molecular weight excluding hydrogens is 307 g/mol. The Morgan fingerprint density at radius 3 is 2.59 bits per heavy atom. The van der Waals surface area contributed by atoms with Gasteiger partial charge in [-0.05, 0) is 11.6 Å². The van der Waals surface area contributed by atoms with Crippen LogP contribution in [0.4, 0.5) is 22.0 Å². The van der Waals surface area contributed by atoms with Crippen LogP contribution < -0.4 is 0 Å². The fourth-order valence-corrected chi connectivity index (χ4v) is 2.25. The van der Waals surface area contributed by atoms with Crippen molar-refractivity contribution in [2.45, 2.75) is 18.8 Å². The lowest BCUT2D eigenvalue weighted by Crippen LogP contribution is -2.45. The standard InChI is InChI=1S/C14H13F5N2O/c15-10-3-1-2-9(12(10)16)8-4-5-11(20)13(22)21(6-8)7-14(17,18)19/h1-4,13,20,22H,5-7H2. The van der Waals surface area contributed by atoms with Gasteiger partial charge in [0.2, 0.25) is 0 Å². The van der Waals surface area contributed by atoms with Gasteiger partial charge < -0.3 is 10.5 Å². The van der Waals surface area contributed by atoms with Crippen molar-refractivity contribution in [3.8, 4) is 0 Å². The highest BCUT2D eigenvalue weighted by Crippen LogP contribution is 2.27. The van der Waals surface area contributed by atoms with E-state index in [0.29, 0.717) is 4.90 Å². The minimum atomic E-state index is -4.59. The first kappa shape index (κ1) is 16.6. The van der Waals surface area contributed by atoms with Crippen molar-refractivity contribution in [3.63, 3.8) is 0 Å².